The van der Waals surface area contributed by atoms with Gasteiger partial charge in [-0.2, -0.15) is 0 Å². The molecule has 136 valence electrons. The number of likely N-dealkylation sites (tertiary alicyclic amines) is 1. The average molecular weight is 350 g/mol. The highest BCUT2D eigenvalue weighted by molar-refractivity contribution is 5.97. The number of Topliss-reactive ketones (excluding diaryl/α,β-unsaturated/α-hetero) is 1. The van der Waals surface area contributed by atoms with Crippen LogP contribution in [-0.2, 0) is 11.2 Å². The second kappa shape index (κ2) is 8.77. The molecule has 2 aromatic carbocycles. The zero-order chi connectivity index (χ0) is 18.4. The summed E-state index contributed by atoms with van der Waals surface area (Å²) in [6.45, 7) is 3.85. The SMILES string of the molecule is CC(=O)c1cccc(NC(=O)CN2CCC(Cc3ccccc3)CC2)c1. The highest BCUT2D eigenvalue weighted by atomic mass is 16.2. The van der Waals surface area contributed by atoms with E-state index in [1.807, 2.05) is 6.07 Å². The van der Waals surface area contributed by atoms with E-state index in [9.17, 15) is 9.59 Å². The number of benzene rings is 2. The molecule has 0 spiro atoms. The summed E-state index contributed by atoms with van der Waals surface area (Å²) in [4.78, 5) is 26.0. The number of rotatable bonds is 6. The number of carbonyl (C=O) groups excluding carboxylic acids is 2. The van der Waals surface area contributed by atoms with Crippen LogP contribution in [-0.4, -0.2) is 36.2 Å². The van der Waals surface area contributed by atoms with Gasteiger partial charge in [-0.3, -0.25) is 14.5 Å². The molecular weight excluding hydrogens is 324 g/mol. The van der Waals surface area contributed by atoms with Crippen molar-refractivity contribution in [2.45, 2.75) is 26.2 Å². The zero-order valence-electron chi connectivity index (χ0n) is 15.3. The summed E-state index contributed by atoms with van der Waals surface area (Å²) in [5, 5.41) is 2.90. The van der Waals surface area contributed by atoms with Crippen LogP contribution in [0, 0.1) is 5.92 Å². The monoisotopic (exact) mass is 350 g/mol. The van der Waals surface area contributed by atoms with Gasteiger partial charge in [-0.25, -0.2) is 0 Å². The van der Waals surface area contributed by atoms with Crippen LogP contribution in [0.25, 0.3) is 0 Å². The van der Waals surface area contributed by atoms with Crippen molar-refractivity contribution in [1.29, 1.82) is 0 Å². The smallest absolute Gasteiger partial charge is 0.238 e. The fourth-order valence-electron chi connectivity index (χ4n) is 3.52. The lowest BCUT2D eigenvalue weighted by atomic mass is 9.90. The predicted octanol–water partition coefficient (Wildman–Crippen LogP) is 3.78. The van der Waals surface area contributed by atoms with Crippen LogP contribution >= 0.6 is 0 Å². The lowest BCUT2D eigenvalue weighted by Gasteiger charge is -2.31. The van der Waals surface area contributed by atoms with E-state index in [2.05, 4.69) is 40.5 Å². The summed E-state index contributed by atoms with van der Waals surface area (Å²) in [7, 11) is 0. The van der Waals surface area contributed by atoms with E-state index in [0.717, 1.165) is 32.4 Å². The van der Waals surface area contributed by atoms with Gasteiger partial charge in [0.15, 0.2) is 5.78 Å². The second-order valence-electron chi connectivity index (χ2n) is 7.09. The minimum atomic E-state index is -0.0211. The number of nitrogens with one attached hydrogen (secondary N) is 1. The maximum atomic E-state index is 12.3. The van der Waals surface area contributed by atoms with Crippen LogP contribution in [0.3, 0.4) is 0 Å². The third kappa shape index (κ3) is 5.27. The van der Waals surface area contributed by atoms with E-state index in [4.69, 9.17) is 0 Å². The first-order valence-electron chi connectivity index (χ1n) is 9.27. The Morgan fingerprint density at radius 2 is 1.77 bits per heavy atom. The van der Waals surface area contributed by atoms with Crippen molar-refractivity contribution in [3.05, 3.63) is 65.7 Å². The molecule has 0 saturated carbocycles. The zero-order valence-corrected chi connectivity index (χ0v) is 15.3. The largest absolute Gasteiger partial charge is 0.325 e. The quantitative estimate of drug-likeness (QED) is 0.807. The van der Waals surface area contributed by atoms with E-state index in [1.165, 1.54) is 12.5 Å². The van der Waals surface area contributed by atoms with Gasteiger partial charge >= 0.3 is 0 Å². The topological polar surface area (TPSA) is 49.4 Å². The Bertz CT molecular complexity index is 750. The van der Waals surface area contributed by atoms with Crippen molar-refractivity contribution >= 4 is 17.4 Å². The number of nitrogens with zero attached hydrogens (tertiary/aromatic N) is 1. The van der Waals surface area contributed by atoms with Crippen molar-refractivity contribution in [3.8, 4) is 0 Å². The van der Waals surface area contributed by atoms with E-state index < -0.39 is 0 Å². The van der Waals surface area contributed by atoms with Crippen LogP contribution in [0.2, 0.25) is 0 Å². The number of anilines is 1. The second-order valence-corrected chi connectivity index (χ2v) is 7.09. The highest BCUT2D eigenvalue weighted by Gasteiger charge is 2.21. The minimum absolute atomic E-state index is 0.00147. The van der Waals surface area contributed by atoms with Crippen molar-refractivity contribution in [2.24, 2.45) is 5.92 Å². The molecule has 4 heteroatoms. The first-order valence-corrected chi connectivity index (χ1v) is 9.27. The summed E-state index contributed by atoms with van der Waals surface area (Å²) in [5.74, 6) is 0.678. The summed E-state index contributed by atoms with van der Waals surface area (Å²) in [6.07, 6.45) is 3.38. The molecule has 1 heterocycles. The molecule has 1 fully saturated rings. The van der Waals surface area contributed by atoms with Crippen LogP contribution in [0.1, 0.15) is 35.7 Å². The number of hydrogen-bond donors (Lipinski definition) is 1. The normalized spacial score (nSPS) is 15.6. The Morgan fingerprint density at radius 3 is 2.46 bits per heavy atom. The Morgan fingerprint density at radius 1 is 1.04 bits per heavy atom. The maximum absolute atomic E-state index is 12.3. The van der Waals surface area contributed by atoms with Crippen molar-refractivity contribution in [1.82, 2.24) is 4.90 Å². The highest BCUT2D eigenvalue weighted by Crippen LogP contribution is 2.21. The van der Waals surface area contributed by atoms with Gasteiger partial charge in [0.05, 0.1) is 6.54 Å². The van der Waals surface area contributed by atoms with Crippen LogP contribution < -0.4 is 5.32 Å². The van der Waals surface area contributed by atoms with E-state index in [-0.39, 0.29) is 11.7 Å². The van der Waals surface area contributed by atoms with Gasteiger partial charge in [0, 0.05) is 11.3 Å². The fraction of sp³-hybridized carbons (Fsp3) is 0.364. The number of amides is 1. The van der Waals surface area contributed by atoms with E-state index in [1.54, 1.807) is 18.2 Å². The predicted molar refractivity (Wildman–Crippen MR) is 104 cm³/mol. The summed E-state index contributed by atoms with van der Waals surface area (Å²) in [6, 6.07) is 17.7. The van der Waals surface area contributed by atoms with Crippen molar-refractivity contribution < 1.29 is 9.59 Å². The van der Waals surface area contributed by atoms with E-state index >= 15 is 0 Å². The third-order valence-corrected chi connectivity index (χ3v) is 4.99. The van der Waals surface area contributed by atoms with Gasteiger partial charge in [0.1, 0.15) is 0 Å². The summed E-state index contributed by atoms with van der Waals surface area (Å²) < 4.78 is 0. The fourth-order valence-corrected chi connectivity index (χ4v) is 3.52. The van der Waals surface area contributed by atoms with Crippen molar-refractivity contribution in [2.75, 3.05) is 25.0 Å². The first kappa shape index (κ1) is 18.3. The Hall–Kier alpha value is -2.46. The van der Waals surface area contributed by atoms with Gasteiger partial charge in [-0.1, -0.05) is 42.5 Å². The van der Waals surface area contributed by atoms with Gasteiger partial charge < -0.3 is 5.32 Å². The molecule has 0 bridgehead atoms. The summed E-state index contributed by atoms with van der Waals surface area (Å²) in [5.41, 5.74) is 2.69. The number of hydrogen-bond acceptors (Lipinski definition) is 3. The molecule has 0 atom stereocenters. The molecule has 0 aromatic heterocycles. The summed E-state index contributed by atoms with van der Waals surface area (Å²) >= 11 is 0. The first-order chi connectivity index (χ1) is 12.6. The molecule has 0 unspecified atom stereocenters. The number of ketones is 1. The molecule has 3 rings (SSSR count). The molecule has 0 aliphatic carbocycles. The van der Waals surface area contributed by atoms with Crippen LogP contribution in [0.5, 0.6) is 0 Å². The molecule has 1 N–H and O–H groups in total. The Labute approximate surface area is 155 Å². The van der Waals surface area contributed by atoms with Gasteiger partial charge in [-0.15, -0.1) is 0 Å². The minimum Gasteiger partial charge on any atom is -0.325 e. The Balaban J connectivity index is 1.45. The molecule has 1 aliphatic heterocycles. The molecule has 0 radical (unpaired) electrons. The van der Waals surface area contributed by atoms with Gasteiger partial charge in [-0.05, 0) is 62.9 Å². The maximum Gasteiger partial charge on any atom is 0.238 e. The molecule has 1 saturated heterocycles. The molecule has 2 aromatic rings. The lowest BCUT2D eigenvalue weighted by Crippen LogP contribution is -2.39. The number of carbonyl (C=O) groups is 2. The number of piperidine rings is 1. The van der Waals surface area contributed by atoms with Gasteiger partial charge in [0.2, 0.25) is 5.91 Å². The Kier molecular flexibility index (Phi) is 6.18. The van der Waals surface area contributed by atoms with Crippen molar-refractivity contribution in [3.63, 3.8) is 0 Å². The average Bonchev–Trinajstić information content (AvgIpc) is 2.64. The molecule has 26 heavy (non-hydrogen) atoms. The molecule has 4 nitrogen and oxygen atoms in total. The van der Waals surface area contributed by atoms with Crippen LogP contribution in [0.15, 0.2) is 54.6 Å². The molecule has 1 aliphatic rings. The lowest BCUT2D eigenvalue weighted by molar-refractivity contribution is -0.117. The molecule has 1 amide bonds. The van der Waals surface area contributed by atoms with E-state index in [0.29, 0.717) is 23.7 Å². The molecular formula is C22H26N2O2. The third-order valence-electron chi connectivity index (χ3n) is 4.99. The van der Waals surface area contributed by atoms with Gasteiger partial charge in [0.25, 0.3) is 0 Å². The van der Waals surface area contributed by atoms with Crippen LogP contribution in [0.4, 0.5) is 5.69 Å². The standard InChI is InChI=1S/C22H26N2O2/c1-17(25)20-8-5-9-21(15-20)23-22(26)16-24-12-10-19(11-13-24)14-18-6-3-2-4-7-18/h2-9,15,19H,10-14,16H2,1H3,(H,23,26).